The van der Waals surface area contributed by atoms with Crippen LogP contribution in [0.15, 0.2) is 198 Å². The Bertz CT molecular complexity index is 3690. The standard InChI is InChI=1S/C58H37NS3/c1-57(2)42-19-6-3-15-35(42)37-30-29-34(31-46(37)57)59(49-24-13-18-39-38-17-5-10-25-50(38)62-56(39)49)48-23-14-28-53-55(48)41-32-40-36-16-4-7-20-43(36)58(47(40)33-54(41)61-53)44-21-8-11-26-51(44)60-52-27-12-9-22-45(52)58/h3-33H,1-2H3. The van der Waals surface area contributed by atoms with Gasteiger partial charge >= 0.3 is 0 Å². The molecule has 2 aliphatic carbocycles. The quantitative estimate of drug-likeness (QED) is 0.174. The second-order valence-electron chi connectivity index (χ2n) is 17.5. The van der Waals surface area contributed by atoms with Crippen LogP contribution in [0.25, 0.3) is 62.6 Å². The topological polar surface area (TPSA) is 3.24 Å². The van der Waals surface area contributed by atoms with Gasteiger partial charge in [-0.15, -0.1) is 22.7 Å². The van der Waals surface area contributed by atoms with Crippen LogP contribution in [0.2, 0.25) is 0 Å². The number of thiophene rings is 2. The number of fused-ring (bicyclic) bond motifs is 18. The number of hydrogen-bond donors (Lipinski definition) is 0. The third kappa shape index (κ3) is 4.49. The molecular formula is C58H37NS3. The third-order valence-electron chi connectivity index (χ3n) is 14.1. The van der Waals surface area contributed by atoms with Crippen LogP contribution in [-0.2, 0) is 10.8 Å². The van der Waals surface area contributed by atoms with Gasteiger partial charge in [-0.2, -0.15) is 0 Å². The predicted molar refractivity (Wildman–Crippen MR) is 266 cm³/mol. The molecule has 14 rings (SSSR count). The van der Waals surface area contributed by atoms with Crippen molar-refractivity contribution >= 4 is 91.8 Å². The molecule has 0 fully saturated rings. The molecule has 3 aliphatic rings. The molecule has 292 valence electrons. The molecule has 0 amide bonds. The van der Waals surface area contributed by atoms with E-state index in [1.165, 1.54) is 123 Å². The molecule has 3 heterocycles. The van der Waals surface area contributed by atoms with E-state index in [-0.39, 0.29) is 5.41 Å². The molecule has 0 bridgehead atoms. The highest BCUT2D eigenvalue weighted by atomic mass is 32.2. The molecule has 9 aromatic carbocycles. The molecule has 0 unspecified atom stereocenters. The summed E-state index contributed by atoms with van der Waals surface area (Å²) in [6.45, 7) is 4.77. The van der Waals surface area contributed by atoms with E-state index in [9.17, 15) is 0 Å². The molecule has 0 atom stereocenters. The van der Waals surface area contributed by atoms with Gasteiger partial charge in [0.2, 0.25) is 0 Å². The predicted octanol–water partition coefficient (Wildman–Crippen LogP) is 17.0. The lowest BCUT2D eigenvalue weighted by Crippen LogP contribution is -2.31. The summed E-state index contributed by atoms with van der Waals surface area (Å²) in [4.78, 5) is 5.25. The van der Waals surface area contributed by atoms with Crippen molar-refractivity contribution in [3.05, 3.63) is 221 Å². The van der Waals surface area contributed by atoms with E-state index < -0.39 is 5.41 Å². The van der Waals surface area contributed by atoms with Gasteiger partial charge in [0.25, 0.3) is 0 Å². The van der Waals surface area contributed by atoms with Crippen molar-refractivity contribution in [2.75, 3.05) is 4.90 Å². The highest BCUT2D eigenvalue weighted by molar-refractivity contribution is 7.99. The SMILES string of the molecule is CC1(C)c2ccccc2-c2ccc(N(c3cccc4c3sc3ccccc34)c3cccc4sc5cc6c(cc5c34)-c3ccccc3C63c4ccccc4Sc4ccccc43)cc21. The summed E-state index contributed by atoms with van der Waals surface area (Å²) < 4.78 is 5.23. The molecule has 2 aromatic heterocycles. The number of rotatable bonds is 3. The van der Waals surface area contributed by atoms with Gasteiger partial charge in [-0.25, -0.2) is 0 Å². The Labute approximate surface area is 372 Å². The van der Waals surface area contributed by atoms with Crippen LogP contribution < -0.4 is 4.90 Å². The molecule has 1 aliphatic heterocycles. The van der Waals surface area contributed by atoms with Gasteiger partial charge in [0.1, 0.15) is 0 Å². The first-order valence-corrected chi connectivity index (χ1v) is 23.9. The second kappa shape index (κ2) is 12.6. The summed E-state index contributed by atoms with van der Waals surface area (Å²) in [5.41, 5.74) is 16.7. The monoisotopic (exact) mass is 843 g/mol. The first kappa shape index (κ1) is 35.2. The van der Waals surface area contributed by atoms with E-state index >= 15 is 0 Å². The molecular weight excluding hydrogens is 807 g/mol. The summed E-state index contributed by atoms with van der Waals surface area (Å²) >= 11 is 5.73. The zero-order valence-electron chi connectivity index (χ0n) is 34.1. The summed E-state index contributed by atoms with van der Waals surface area (Å²) in [5, 5.41) is 5.22. The molecule has 1 spiro atoms. The Morgan fingerprint density at radius 3 is 1.81 bits per heavy atom. The van der Waals surface area contributed by atoms with Gasteiger partial charge in [0.05, 0.1) is 21.5 Å². The Morgan fingerprint density at radius 1 is 0.387 bits per heavy atom. The molecule has 62 heavy (non-hydrogen) atoms. The fourth-order valence-electron chi connectivity index (χ4n) is 11.5. The van der Waals surface area contributed by atoms with E-state index in [0.717, 1.165) is 0 Å². The van der Waals surface area contributed by atoms with E-state index in [0.29, 0.717) is 0 Å². The number of nitrogens with zero attached hydrogens (tertiary/aromatic N) is 1. The highest BCUT2D eigenvalue weighted by Gasteiger charge is 2.50. The maximum absolute atomic E-state index is 2.58. The zero-order chi connectivity index (χ0) is 40.9. The zero-order valence-corrected chi connectivity index (χ0v) is 36.5. The van der Waals surface area contributed by atoms with Gasteiger partial charge < -0.3 is 4.90 Å². The summed E-state index contributed by atoms with van der Waals surface area (Å²) in [7, 11) is 0. The second-order valence-corrected chi connectivity index (χ2v) is 20.7. The van der Waals surface area contributed by atoms with Crippen LogP contribution in [-0.4, -0.2) is 0 Å². The van der Waals surface area contributed by atoms with Crippen molar-refractivity contribution in [3.63, 3.8) is 0 Å². The smallest absolute Gasteiger partial charge is 0.0735 e. The molecule has 0 radical (unpaired) electrons. The van der Waals surface area contributed by atoms with Crippen molar-refractivity contribution in [1.29, 1.82) is 0 Å². The molecule has 0 N–H and O–H groups in total. The van der Waals surface area contributed by atoms with Gasteiger partial charge in [-0.3, -0.25) is 0 Å². The van der Waals surface area contributed by atoms with Crippen LogP contribution in [0.3, 0.4) is 0 Å². The van der Waals surface area contributed by atoms with Crippen molar-refractivity contribution < 1.29 is 0 Å². The molecule has 4 heteroatoms. The number of benzene rings is 9. The minimum Gasteiger partial charge on any atom is -0.308 e. The van der Waals surface area contributed by atoms with Crippen LogP contribution in [0.5, 0.6) is 0 Å². The van der Waals surface area contributed by atoms with E-state index in [4.69, 9.17) is 0 Å². The molecule has 0 saturated heterocycles. The minimum absolute atomic E-state index is 0.128. The largest absolute Gasteiger partial charge is 0.308 e. The Hall–Kier alpha value is -6.43. The Balaban J connectivity index is 1.06. The van der Waals surface area contributed by atoms with Gasteiger partial charge in [-0.05, 0) is 116 Å². The van der Waals surface area contributed by atoms with Crippen molar-refractivity contribution in [3.8, 4) is 22.3 Å². The van der Waals surface area contributed by atoms with Crippen molar-refractivity contribution in [1.82, 2.24) is 0 Å². The number of hydrogen-bond acceptors (Lipinski definition) is 4. The fourth-order valence-corrected chi connectivity index (χ4v) is 15.0. The lowest BCUT2D eigenvalue weighted by molar-refractivity contribution is 0.660. The van der Waals surface area contributed by atoms with E-state index in [1.54, 1.807) is 0 Å². The highest BCUT2D eigenvalue weighted by Crippen LogP contribution is 2.63. The minimum atomic E-state index is -0.408. The Morgan fingerprint density at radius 2 is 1.00 bits per heavy atom. The average molecular weight is 844 g/mol. The molecule has 1 nitrogen and oxygen atoms in total. The summed E-state index contributed by atoms with van der Waals surface area (Å²) in [6, 6.07) is 71.5. The van der Waals surface area contributed by atoms with Gasteiger partial charge in [0.15, 0.2) is 0 Å². The maximum Gasteiger partial charge on any atom is 0.0735 e. The van der Waals surface area contributed by atoms with Crippen LogP contribution >= 0.6 is 34.4 Å². The number of anilines is 3. The summed E-state index contributed by atoms with van der Waals surface area (Å²) in [6.07, 6.45) is 0. The molecule has 11 aromatic rings. The average Bonchev–Trinajstić information content (AvgIpc) is 4.02. The van der Waals surface area contributed by atoms with Crippen LogP contribution in [0, 0.1) is 0 Å². The Kier molecular flexibility index (Phi) is 7.14. The van der Waals surface area contributed by atoms with Gasteiger partial charge in [-0.1, -0.05) is 153 Å². The van der Waals surface area contributed by atoms with E-state index in [1.807, 2.05) is 34.4 Å². The van der Waals surface area contributed by atoms with Gasteiger partial charge in [0, 0.05) is 56.5 Å². The molecule has 0 saturated carbocycles. The first-order valence-electron chi connectivity index (χ1n) is 21.4. The fraction of sp³-hybridized carbons (Fsp3) is 0.0690. The lowest BCUT2D eigenvalue weighted by atomic mass is 9.67. The van der Waals surface area contributed by atoms with E-state index in [2.05, 4.69) is 207 Å². The summed E-state index contributed by atoms with van der Waals surface area (Å²) in [5.74, 6) is 0. The van der Waals surface area contributed by atoms with Crippen molar-refractivity contribution in [2.24, 2.45) is 0 Å². The lowest BCUT2D eigenvalue weighted by Gasteiger charge is -2.39. The first-order chi connectivity index (χ1) is 30.5. The third-order valence-corrected chi connectivity index (χ3v) is 17.6. The maximum atomic E-state index is 2.58. The van der Waals surface area contributed by atoms with Crippen molar-refractivity contribution in [2.45, 2.75) is 34.5 Å². The van der Waals surface area contributed by atoms with Crippen LogP contribution in [0.1, 0.15) is 47.2 Å². The van der Waals surface area contributed by atoms with Crippen LogP contribution in [0.4, 0.5) is 17.1 Å². The normalized spacial score (nSPS) is 14.8.